The molecular formula is C21H41N3. The van der Waals surface area contributed by atoms with Crippen molar-refractivity contribution in [1.29, 1.82) is 0 Å². The molecule has 0 aromatic rings. The molecule has 0 fully saturated rings. The normalized spacial score (nSPS) is 16.5. The lowest BCUT2D eigenvalue weighted by atomic mass is 10.0. The average molecular weight is 336 g/mol. The molecule has 0 amide bonds. The SMILES string of the molecule is C=CCCCCCCCCCCCCCCC1NC=CN1CCN. The van der Waals surface area contributed by atoms with E-state index in [0.717, 1.165) is 13.1 Å². The fourth-order valence-electron chi connectivity index (χ4n) is 3.47. The van der Waals surface area contributed by atoms with E-state index in [2.05, 4.69) is 29.2 Å². The van der Waals surface area contributed by atoms with E-state index in [1.807, 2.05) is 6.08 Å². The summed E-state index contributed by atoms with van der Waals surface area (Å²) >= 11 is 0. The Bertz CT molecular complexity index is 314. The van der Waals surface area contributed by atoms with Crippen molar-refractivity contribution in [3.63, 3.8) is 0 Å². The van der Waals surface area contributed by atoms with Gasteiger partial charge in [0.05, 0.1) is 6.17 Å². The standard InChI is InChI=1S/C21H41N3/c1-2-3-4-5-6-7-8-9-10-11-12-13-14-15-16-21-23-18-20-24(21)19-17-22/h2,18,20-21,23H,1,3-17,19,22H2. The molecule has 0 aliphatic carbocycles. The second-order valence-corrected chi connectivity index (χ2v) is 7.13. The van der Waals surface area contributed by atoms with Crippen LogP contribution in [0.5, 0.6) is 0 Å². The predicted molar refractivity (Wildman–Crippen MR) is 107 cm³/mol. The highest BCUT2D eigenvalue weighted by Gasteiger charge is 2.16. The summed E-state index contributed by atoms with van der Waals surface area (Å²) in [6, 6.07) is 0. The van der Waals surface area contributed by atoms with E-state index in [-0.39, 0.29) is 0 Å². The number of rotatable bonds is 17. The van der Waals surface area contributed by atoms with E-state index in [9.17, 15) is 0 Å². The highest BCUT2D eigenvalue weighted by molar-refractivity contribution is 4.94. The Kier molecular flexibility index (Phi) is 13.7. The van der Waals surface area contributed by atoms with E-state index in [4.69, 9.17) is 5.73 Å². The second kappa shape index (κ2) is 15.6. The van der Waals surface area contributed by atoms with E-state index in [1.54, 1.807) is 0 Å². The van der Waals surface area contributed by atoms with Gasteiger partial charge in [-0.1, -0.05) is 70.3 Å². The quantitative estimate of drug-likeness (QED) is 0.280. The van der Waals surface area contributed by atoms with Crippen molar-refractivity contribution >= 4 is 0 Å². The summed E-state index contributed by atoms with van der Waals surface area (Å²) in [5.74, 6) is 0. The maximum absolute atomic E-state index is 5.64. The van der Waals surface area contributed by atoms with Crippen molar-refractivity contribution < 1.29 is 0 Å². The first kappa shape index (κ1) is 21.1. The van der Waals surface area contributed by atoms with Gasteiger partial charge in [0.1, 0.15) is 0 Å². The lowest BCUT2D eigenvalue weighted by Gasteiger charge is -2.25. The van der Waals surface area contributed by atoms with Crippen molar-refractivity contribution in [2.75, 3.05) is 13.1 Å². The van der Waals surface area contributed by atoms with Crippen LogP contribution in [0.25, 0.3) is 0 Å². The highest BCUT2D eigenvalue weighted by atomic mass is 15.3. The zero-order valence-corrected chi connectivity index (χ0v) is 15.9. The first-order valence-electron chi connectivity index (χ1n) is 10.4. The van der Waals surface area contributed by atoms with Crippen LogP contribution >= 0.6 is 0 Å². The van der Waals surface area contributed by atoms with Crippen LogP contribution in [0.2, 0.25) is 0 Å². The van der Waals surface area contributed by atoms with Crippen molar-refractivity contribution in [1.82, 2.24) is 10.2 Å². The average Bonchev–Trinajstić information content (AvgIpc) is 3.03. The molecule has 24 heavy (non-hydrogen) atoms. The molecule has 0 saturated heterocycles. The second-order valence-electron chi connectivity index (χ2n) is 7.13. The fourth-order valence-corrected chi connectivity index (χ4v) is 3.47. The van der Waals surface area contributed by atoms with Gasteiger partial charge in [-0.05, 0) is 25.7 Å². The minimum atomic E-state index is 0.486. The van der Waals surface area contributed by atoms with E-state index >= 15 is 0 Å². The molecule has 140 valence electrons. The van der Waals surface area contributed by atoms with E-state index < -0.39 is 0 Å². The molecule has 0 radical (unpaired) electrons. The first-order valence-corrected chi connectivity index (χ1v) is 10.4. The summed E-state index contributed by atoms with van der Waals surface area (Å²) in [6.45, 7) is 5.47. The molecule has 1 heterocycles. The van der Waals surface area contributed by atoms with Gasteiger partial charge >= 0.3 is 0 Å². The number of nitrogens with zero attached hydrogens (tertiary/aromatic N) is 1. The zero-order valence-electron chi connectivity index (χ0n) is 15.9. The molecule has 3 N–H and O–H groups in total. The molecular weight excluding hydrogens is 294 g/mol. The van der Waals surface area contributed by atoms with Gasteiger partial charge in [0.25, 0.3) is 0 Å². The zero-order chi connectivity index (χ0) is 17.3. The summed E-state index contributed by atoms with van der Waals surface area (Å²) in [7, 11) is 0. The number of hydrogen-bond acceptors (Lipinski definition) is 3. The van der Waals surface area contributed by atoms with Crippen LogP contribution in [0, 0.1) is 0 Å². The van der Waals surface area contributed by atoms with Crippen molar-refractivity contribution in [2.45, 2.75) is 96.1 Å². The minimum absolute atomic E-state index is 0.486. The van der Waals surface area contributed by atoms with Gasteiger partial charge in [0.2, 0.25) is 0 Å². The van der Waals surface area contributed by atoms with Gasteiger partial charge in [0, 0.05) is 25.5 Å². The number of nitrogens with two attached hydrogens (primary N) is 1. The van der Waals surface area contributed by atoms with Gasteiger partial charge in [-0.15, -0.1) is 6.58 Å². The first-order chi connectivity index (χ1) is 11.9. The molecule has 0 aromatic carbocycles. The maximum Gasteiger partial charge on any atom is 0.0981 e. The molecule has 1 aliphatic heterocycles. The largest absolute Gasteiger partial charge is 0.370 e. The summed E-state index contributed by atoms with van der Waals surface area (Å²) in [5.41, 5.74) is 5.64. The molecule has 0 aromatic heterocycles. The predicted octanol–water partition coefficient (Wildman–Crippen LogP) is 5.30. The van der Waals surface area contributed by atoms with Crippen LogP contribution in [0.15, 0.2) is 25.1 Å². The van der Waals surface area contributed by atoms with Crippen molar-refractivity contribution in [2.24, 2.45) is 5.73 Å². The Balaban J connectivity index is 1.77. The monoisotopic (exact) mass is 335 g/mol. The summed E-state index contributed by atoms with van der Waals surface area (Å²) < 4.78 is 0. The van der Waals surface area contributed by atoms with Crippen molar-refractivity contribution in [3.8, 4) is 0 Å². The summed E-state index contributed by atoms with van der Waals surface area (Å²) in [5, 5.41) is 3.42. The lowest BCUT2D eigenvalue weighted by Crippen LogP contribution is -2.37. The van der Waals surface area contributed by atoms with Crippen LogP contribution in [0.3, 0.4) is 0 Å². The number of nitrogens with one attached hydrogen (secondary N) is 1. The number of unbranched alkanes of at least 4 members (excludes halogenated alkanes) is 12. The number of allylic oxidation sites excluding steroid dienone is 1. The van der Waals surface area contributed by atoms with Crippen LogP contribution < -0.4 is 11.1 Å². The van der Waals surface area contributed by atoms with Crippen LogP contribution in [0.1, 0.15) is 89.9 Å². The lowest BCUT2D eigenvalue weighted by molar-refractivity contribution is 0.264. The molecule has 0 saturated carbocycles. The molecule has 1 unspecified atom stereocenters. The van der Waals surface area contributed by atoms with Gasteiger partial charge in [-0.3, -0.25) is 0 Å². The van der Waals surface area contributed by atoms with Crippen LogP contribution in [0.4, 0.5) is 0 Å². The van der Waals surface area contributed by atoms with Crippen molar-refractivity contribution in [3.05, 3.63) is 25.1 Å². The Hall–Kier alpha value is -0.960. The molecule has 0 bridgehead atoms. The Labute approximate surface area is 150 Å². The Morgan fingerprint density at radius 1 is 0.875 bits per heavy atom. The molecule has 1 rings (SSSR count). The topological polar surface area (TPSA) is 41.3 Å². The van der Waals surface area contributed by atoms with Gasteiger partial charge in [0.15, 0.2) is 0 Å². The maximum atomic E-state index is 5.64. The minimum Gasteiger partial charge on any atom is -0.370 e. The third-order valence-corrected chi connectivity index (χ3v) is 4.98. The van der Waals surface area contributed by atoms with Gasteiger partial charge < -0.3 is 16.0 Å². The Morgan fingerprint density at radius 2 is 1.42 bits per heavy atom. The molecule has 1 atom stereocenters. The van der Waals surface area contributed by atoms with E-state index in [1.165, 1.54) is 89.9 Å². The Morgan fingerprint density at radius 3 is 1.96 bits per heavy atom. The van der Waals surface area contributed by atoms with E-state index in [0.29, 0.717) is 6.17 Å². The smallest absolute Gasteiger partial charge is 0.0981 e. The molecule has 0 spiro atoms. The fraction of sp³-hybridized carbons (Fsp3) is 0.810. The van der Waals surface area contributed by atoms with Crippen LogP contribution in [-0.2, 0) is 0 Å². The third kappa shape index (κ3) is 10.7. The molecule has 3 nitrogen and oxygen atoms in total. The molecule has 3 heteroatoms. The summed E-state index contributed by atoms with van der Waals surface area (Å²) in [6.07, 6.45) is 26.0. The van der Waals surface area contributed by atoms with Crippen LogP contribution in [-0.4, -0.2) is 24.2 Å². The van der Waals surface area contributed by atoms with Gasteiger partial charge in [-0.25, -0.2) is 0 Å². The third-order valence-electron chi connectivity index (χ3n) is 4.98. The highest BCUT2D eigenvalue weighted by Crippen LogP contribution is 2.15. The molecule has 1 aliphatic rings. The van der Waals surface area contributed by atoms with Gasteiger partial charge in [-0.2, -0.15) is 0 Å². The summed E-state index contributed by atoms with van der Waals surface area (Å²) in [4.78, 5) is 2.33. The number of hydrogen-bond donors (Lipinski definition) is 2.